The number of hydrogen-bond acceptors (Lipinski definition) is 3. The van der Waals surface area contributed by atoms with Crippen molar-refractivity contribution in [1.29, 1.82) is 0 Å². The lowest BCUT2D eigenvalue weighted by Gasteiger charge is -2.14. The van der Waals surface area contributed by atoms with Gasteiger partial charge in [0.1, 0.15) is 0 Å². The van der Waals surface area contributed by atoms with E-state index in [0.717, 1.165) is 11.1 Å². The van der Waals surface area contributed by atoms with E-state index in [1.807, 2.05) is 38.1 Å². The molecular weight excluding hydrogens is 349 g/mol. The number of benzene rings is 2. The average Bonchev–Trinajstić information content (AvgIpc) is 2.55. The summed E-state index contributed by atoms with van der Waals surface area (Å²) in [6.45, 7) is 3.46. The first-order valence-electron chi connectivity index (χ1n) is 7.35. The standard InChI is InChI=1S/C18H17Cl2NO3/c1-11-3-5-13(6-4-11)12(2)21-17(22)10-24-18(23)15-9-14(19)7-8-16(15)20/h3-9,12H,10H2,1-2H3,(H,21,22)/t12-/m0/s1. The topological polar surface area (TPSA) is 55.4 Å². The Labute approximate surface area is 150 Å². The maximum Gasteiger partial charge on any atom is 0.340 e. The molecule has 2 aromatic carbocycles. The van der Waals surface area contributed by atoms with Crippen LogP contribution >= 0.6 is 23.2 Å². The molecule has 0 aliphatic heterocycles. The van der Waals surface area contributed by atoms with Crippen molar-refractivity contribution < 1.29 is 14.3 Å². The van der Waals surface area contributed by atoms with E-state index in [1.165, 1.54) is 12.1 Å². The van der Waals surface area contributed by atoms with Crippen molar-refractivity contribution in [2.45, 2.75) is 19.9 Å². The molecule has 0 heterocycles. The quantitative estimate of drug-likeness (QED) is 0.801. The molecule has 1 amide bonds. The number of halogens is 2. The van der Waals surface area contributed by atoms with Crippen molar-refractivity contribution in [3.05, 3.63) is 69.2 Å². The van der Waals surface area contributed by atoms with Gasteiger partial charge in [-0.3, -0.25) is 4.79 Å². The molecule has 0 saturated heterocycles. The summed E-state index contributed by atoms with van der Waals surface area (Å²) < 4.78 is 4.99. The van der Waals surface area contributed by atoms with Gasteiger partial charge >= 0.3 is 5.97 Å². The number of nitrogens with one attached hydrogen (secondary N) is 1. The summed E-state index contributed by atoms with van der Waals surface area (Å²) in [5.74, 6) is -1.09. The lowest BCUT2D eigenvalue weighted by molar-refractivity contribution is -0.124. The van der Waals surface area contributed by atoms with Crippen molar-refractivity contribution in [2.75, 3.05) is 6.61 Å². The molecule has 1 N–H and O–H groups in total. The Morgan fingerprint density at radius 3 is 2.46 bits per heavy atom. The average molecular weight is 366 g/mol. The lowest BCUT2D eigenvalue weighted by atomic mass is 10.1. The molecule has 0 saturated carbocycles. The van der Waals surface area contributed by atoms with Crippen LogP contribution < -0.4 is 5.32 Å². The highest BCUT2D eigenvalue weighted by atomic mass is 35.5. The molecule has 6 heteroatoms. The van der Waals surface area contributed by atoms with Crippen LogP contribution in [0.25, 0.3) is 0 Å². The van der Waals surface area contributed by atoms with E-state index in [0.29, 0.717) is 5.02 Å². The molecule has 24 heavy (non-hydrogen) atoms. The molecule has 0 unspecified atom stereocenters. The highest BCUT2D eigenvalue weighted by molar-refractivity contribution is 6.35. The van der Waals surface area contributed by atoms with Crippen LogP contribution in [0.2, 0.25) is 10.0 Å². The number of esters is 1. The summed E-state index contributed by atoms with van der Waals surface area (Å²) >= 11 is 11.7. The number of aryl methyl sites for hydroxylation is 1. The van der Waals surface area contributed by atoms with Gasteiger partial charge < -0.3 is 10.1 Å². The van der Waals surface area contributed by atoms with E-state index >= 15 is 0 Å². The minimum Gasteiger partial charge on any atom is -0.452 e. The third-order valence-corrected chi connectivity index (χ3v) is 4.00. The number of amides is 1. The summed E-state index contributed by atoms with van der Waals surface area (Å²) in [6, 6.07) is 12.1. The molecule has 0 aliphatic carbocycles. The van der Waals surface area contributed by atoms with Crippen molar-refractivity contribution in [3.8, 4) is 0 Å². The fourth-order valence-electron chi connectivity index (χ4n) is 2.08. The maximum absolute atomic E-state index is 12.0. The Hall–Kier alpha value is -2.04. The van der Waals surface area contributed by atoms with E-state index < -0.39 is 18.5 Å². The Morgan fingerprint density at radius 2 is 1.79 bits per heavy atom. The van der Waals surface area contributed by atoms with Gasteiger partial charge in [-0.25, -0.2) is 4.79 Å². The highest BCUT2D eigenvalue weighted by Crippen LogP contribution is 2.21. The van der Waals surface area contributed by atoms with Crippen LogP contribution in [-0.4, -0.2) is 18.5 Å². The van der Waals surface area contributed by atoms with Crippen LogP contribution in [0.1, 0.15) is 34.5 Å². The number of hydrogen-bond donors (Lipinski definition) is 1. The molecule has 0 aliphatic rings. The minimum absolute atomic E-state index is 0.128. The van der Waals surface area contributed by atoms with Gasteiger partial charge in [-0.2, -0.15) is 0 Å². The normalized spacial score (nSPS) is 11.7. The third-order valence-electron chi connectivity index (χ3n) is 3.44. The number of ether oxygens (including phenoxy) is 1. The molecule has 126 valence electrons. The van der Waals surface area contributed by atoms with Crippen molar-refractivity contribution in [3.63, 3.8) is 0 Å². The van der Waals surface area contributed by atoms with Crippen LogP contribution in [0.5, 0.6) is 0 Å². The van der Waals surface area contributed by atoms with E-state index in [4.69, 9.17) is 27.9 Å². The fraction of sp³-hybridized carbons (Fsp3) is 0.222. The van der Waals surface area contributed by atoms with Crippen LogP contribution in [0, 0.1) is 6.92 Å². The molecule has 4 nitrogen and oxygen atoms in total. The number of carbonyl (C=O) groups excluding carboxylic acids is 2. The highest BCUT2D eigenvalue weighted by Gasteiger charge is 2.15. The predicted octanol–water partition coefficient (Wildman–Crippen LogP) is 4.34. The van der Waals surface area contributed by atoms with Gasteiger partial charge in [0.15, 0.2) is 6.61 Å². The molecule has 0 fully saturated rings. The van der Waals surface area contributed by atoms with Gasteiger partial charge in [-0.15, -0.1) is 0 Å². The van der Waals surface area contributed by atoms with Crippen LogP contribution in [0.4, 0.5) is 0 Å². The van der Waals surface area contributed by atoms with Gasteiger partial charge in [0, 0.05) is 5.02 Å². The number of carbonyl (C=O) groups is 2. The number of rotatable bonds is 5. The summed E-state index contributed by atoms with van der Waals surface area (Å²) in [6.07, 6.45) is 0. The van der Waals surface area contributed by atoms with Gasteiger partial charge in [0.25, 0.3) is 5.91 Å². The smallest absolute Gasteiger partial charge is 0.340 e. The molecular formula is C18H17Cl2NO3. The minimum atomic E-state index is -0.694. The van der Waals surface area contributed by atoms with Gasteiger partial charge in [0.05, 0.1) is 16.6 Å². The van der Waals surface area contributed by atoms with E-state index in [-0.39, 0.29) is 16.6 Å². The van der Waals surface area contributed by atoms with Gasteiger partial charge in [-0.1, -0.05) is 53.0 Å². The first kappa shape index (κ1) is 18.3. The largest absolute Gasteiger partial charge is 0.452 e. The van der Waals surface area contributed by atoms with Crippen LogP contribution in [0.15, 0.2) is 42.5 Å². The maximum atomic E-state index is 12.0. The first-order valence-corrected chi connectivity index (χ1v) is 8.10. The van der Waals surface area contributed by atoms with Crippen LogP contribution in [0.3, 0.4) is 0 Å². The van der Waals surface area contributed by atoms with Crippen molar-refractivity contribution >= 4 is 35.1 Å². The SMILES string of the molecule is Cc1ccc([C@H](C)NC(=O)COC(=O)c2cc(Cl)ccc2Cl)cc1. The summed E-state index contributed by atoms with van der Waals surface area (Å²) in [5, 5.41) is 3.36. The van der Waals surface area contributed by atoms with Crippen molar-refractivity contribution in [2.24, 2.45) is 0 Å². The Morgan fingerprint density at radius 1 is 1.12 bits per heavy atom. The second-order valence-corrected chi connectivity index (χ2v) is 6.24. The first-order chi connectivity index (χ1) is 11.4. The van der Waals surface area contributed by atoms with Crippen LogP contribution in [-0.2, 0) is 9.53 Å². The Bertz CT molecular complexity index is 744. The second-order valence-electron chi connectivity index (χ2n) is 5.40. The molecule has 0 aromatic heterocycles. The summed E-state index contributed by atoms with van der Waals surface area (Å²) in [5.41, 5.74) is 2.24. The monoisotopic (exact) mass is 365 g/mol. The summed E-state index contributed by atoms with van der Waals surface area (Å²) in [4.78, 5) is 23.9. The third kappa shape index (κ3) is 4.98. The Kier molecular flexibility index (Phi) is 6.23. The van der Waals surface area contributed by atoms with E-state index in [9.17, 15) is 9.59 Å². The zero-order chi connectivity index (χ0) is 17.7. The van der Waals surface area contributed by atoms with E-state index in [1.54, 1.807) is 6.07 Å². The zero-order valence-corrected chi connectivity index (χ0v) is 14.8. The zero-order valence-electron chi connectivity index (χ0n) is 13.3. The van der Waals surface area contributed by atoms with Gasteiger partial charge in [-0.05, 0) is 37.6 Å². The lowest BCUT2D eigenvalue weighted by Crippen LogP contribution is -2.31. The fourth-order valence-corrected chi connectivity index (χ4v) is 2.45. The van der Waals surface area contributed by atoms with Gasteiger partial charge in [0.2, 0.25) is 0 Å². The molecule has 1 atom stereocenters. The molecule has 2 aromatic rings. The second kappa shape index (κ2) is 8.18. The molecule has 0 radical (unpaired) electrons. The molecule has 2 rings (SSSR count). The van der Waals surface area contributed by atoms with E-state index in [2.05, 4.69) is 5.32 Å². The molecule has 0 spiro atoms. The Balaban J connectivity index is 1.89. The molecule has 0 bridgehead atoms. The van der Waals surface area contributed by atoms with Crippen molar-refractivity contribution in [1.82, 2.24) is 5.32 Å². The predicted molar refractivity (Wildman–Crippen MR) is 94.5 cm³/mol. The summed E-state index contributed by atoms with van der Waals surface area (Å²) in [7, 11) is 0.